The molecule has 0 unspecified atom stereocenters. The Kier molecular flexibility index (Phi) is 1.60. The lowest BCUT2D eigenvalue weighted by Crippen LogP contribution is -1.75. The molecule has 0 saturated heterocycles. The molecule has 0 aliphatic rings. The summed E-state index contributed by atoms with van der Waals surface area (Å²) in [4.78, 5) is 3.15. The molecule has 1 radical (unpaired) electrons. The number of fused-ring (bicyclic) bond motifs is 1. The van der Waals surface area contributed by atoms with E-state index >= 15 is 0 Å². The van der Waals surface area contributed by atoms with Crippen LogP contribution in [0.1, 0.15) is 5.56 Å². The molecule has 0 amide bonds. The second-order valence-electron chi connectivity index (χ2n) is 2.71. The molecule has 1 N–H and O–H groups in total. The van der Waals surface area contributed by atoms with Crippen LogP contribution >= 0.6 is 0 Å². The van der Waals surface area contributed by atoms with Gasteiger partial charge in [-0.15, -0.1) is 0 Å². The topological polar surface area (TPSA) is 15.8 Å². The largest absolute Gasteiger partial charge is 0.361 e. The van der Waals surface area contributed by atoms with Crippen LogP contribution < -0.4 is 0 Å². The number of aromatic amines is 1. The summed E-state index contributed by atoms with van der Waals surface area (Å²) < 4.78 is 0. The molecular weight excluding hydrogens is 146 g/mol. The van der Waals surface area contributed by atoms with Gasteiger partial charge in [0, 0.05) is 23.5 Å². The minimum Gasteiger partial charge on any atom is -0.361 e. The Morgan fingerprint density at radius 1 is 1.33 bits per heavy atom. The second kappa shape index (κ2) is 2.75. The highest BCUT2D eigenvalue weighted by Crippen LogP contribution is 2.17. The highest BCUT2D eigenvalue weighted by Gasteiger charge is 1.99. The van der Waals surface area contributed by atoms with E-state index in [1.807, 2.05) is 24.4 Å². The van der Waals surface area contributed by atoms with E-state index in [0.717, 1.165) is 11.1 Å². The fourth-order valence-electron chi connectivity index (χ4n) is 1.37. The van der Waals surface area contributed by atoms with Gasteiger partial charge >= 0.3 is 0 Å². The zero-order valence-electron chi connectivity index (χ0n) is 6.59. The first-order valence-corrected chi connectivity index (χ1v) is 3.86. The van der Waals surface area contributed by atoms with Crippen molar-refractivity contribution in [2.75, 3.05) is 0 Å². The van der Waals surface area contributed by atoms with Gasteiger partial charge in [-0.2, -0.15) is 0 Å². The Balaban J connectivity index is 2.64. The smallest absolute Gasteiger partial charge is 0.0457 e. The molecule has 57 valence electrons. The minimum absolute atomic E-state index is 0.587. The molecule has 0 bridgehead atoms. The van der Waals surface area contributed by atoms with Gasteiger partial charge in [0.15, 0.2) is 0 Å². The predicted octanol–water partition coefficient (Wildman–Crippen LogP) is 2.30. The van der Waals surface area contributed by atoms with Crippen LogP contribution in [-0.2, 0) is 6.42 Å². The van der Waals surface area contributed by atoms with Crippen LogP contribution in [0.15, 0.2) is 30.5 Å². The highest BCUT2D eigenvalue weighted by molar-refractivity contribution is 5.83. The SMILES string of the molecule is [C]#CCc1c[nH]c2ccccc12. The predicted molar refractivity (Wildman–Crippen MR) is 49.1 cm³/mol. The first-order valence-electron chi connectivity index (χ1n) is 3.86. The number of hydrogen-bond donors (Lipinski definition) is 1. The Morgan fingerprint density at radius 2 is 2.17 bits per heavy atom. The maximum absolute atomic E-state index is 6.89. The number of benzene rings is 1. The van der Waals surface area contributed by atoms with E-state index in [2.05, 4.69) is 17.0 Å². The quantitative estimate of drug-likeness (QED) is 0.606. The van der Waals surface area contributed by atoms with Gasteiger partial charge in [0.25, 0.3) is 0 Å². The molecule has 1 heterocycles. The first-order chi connectivity index (χ1) is 5.92. The van der Waals surface area contributed by atoms with Gasteiger partial charge in [-0.25, -0.2) is 0 Å². The van der Waals surface area contributed by atoms with E-state index in [-0.39, 0.29) is 0 Å². The van der Waals surface area contributed by atoms with Crippen LogP contribution in [-0.4, -0.2) is 4.98 Å². The van der Waals surface area contributed by atoms with Gasteiger partial charge in [0.1, 0.15) is 0 Å². The summed E-state index contributed by atoms with van der Waals surface area (Å²) >= 11 is 0. The summed E-state index contributed by atoms with van der Waals surface area (Å²) in [5.41, 5.74) is 2.27. The number of para-hydroxylation sites is 1. The third kappa shape index (κ3) is 0.981. The van der Waals surface area contributed by atoms with Crippen LogP contribution in [0.2, 0.25) is 0 Å². The van der Waals surface area contributed by atoms with E-state index in [1.165, 1.54) is 5.39 Å². The third-order valence-electron chi connectivity index (χ3n) is 1.95. The average molecular weight is 154 g/mol. The van der Waals surface area contributed by atoms with Crippen molar-refractivity contribution in [1.29, 1.82) is 0 Å². The lowest BCUT2D eigenvalue weighted by molar-refractivity contribution is 1.33. The molecule has 1 nitrogen and oxygen atoms in total. The normalized spacial score (nSPS) is 9.92. The standard InChI is InChI=1S/C11H8N/c1-2-5-9-8-12-11-7-4-3-6-10(9)11/h3-4,6-8,12H,5H2. The molecule has 0 spiro atoms. The van der Waals surface area contributed by atoms with Crippen LogP contribution in [0.5, 0.6) is 0 Å². The third-order valence-corrected chi connectivity index (χ3v) is 1.95. The minimum atomic E-state index is 0.587. The van der Waals surface area contributed by atoms with Crippen molar-refractivity contribution in [2.45, 2.75) is 6.42 Å². The van der Waals surface area contributed by atoms with E-state index in [4.69, 9.17) is 6.42 Å². The van der Waals surface area contributed by atoms with Crippen molar-refractivity contribution in [3.63, 3.8) is 0 Å². The lowest BCUT2D eigenvalue weighted by atomic mass is 10.1. The van der Waals surface area contributed by atoms with Crippen molar-refractivity contribution >= 4 is 10.9 Å². The molecule has 2 rings (SSSR count). The molecule has 0 saturated carbocycles. The molecular formula is C11H8N. The molecule has 12 heavy (non-hydrogen) atoms. The fourth-order valence-corrected chi connectivity index (χ4v) is 1.37. The molecule has 1 aromatic heterocycles. The van der Waals surface area contributed by atoms with Gasteiger partial charge < -0.3 is 4.98 Å². The molecule has 0 aliphatic carbocycles. The Bertz CT molecular complexity index is 431. The summed E-state index contributed by atoms with van der Waals surface area (Å²) in [5, 5.41) is 1.19. The molecule has 0 fully saturated rings. The first kappa shape index (κ1) is 7.00. The Hall–Kier alpha value is -1.68. The van der Waals surface area contributed by atoms with Crippen LogP contribution in [0.4, 0.5) is 0 Å². The molecule has 1 aromatic carbocycles. The van der Waals surface area contributed by atoms with Crippen molar-refractivity contribution in [2.24, 2.45) is 0 Å². The van der Waals surface area contributed by atoms with Gasteiger partial charge in [-0.3, -0.25) is 0 Å². The molecule has 0 aliphatic heterocycles. The molecule has 1 heteroatoms. The number of hydrogen-bond acceptors (Lipinski definition) is 0. The Labute approximate surface area is 71.4 Å². The van der Waals surface area contributed by atoms with Crippen molar-refractivity contribution in [3.05, 3.63) is 42.4 Å². The highest BCUT2D eigenvalue weighted by atomic mass is 14.7. The zero-order chi connectivity index (χ0) is 8.39. The fraction of sp³-hybridized carbons (Fsp3) is 0.0909. The van der Waals surface area contributed by atoms with Gasteiger partial charge in [0.2, 0.25) is 0 Å². The number of nitrogens with one attached hydrogen (secondary N) is 1. The summed E-state index contributed by atoms with van der Waals surface area (Å²) in [6.07, 6.45) is 9.41. The summed E-state index contributed by atoms with van der Waals surface area (Å²) in [6, 6.07) is 8.08. The van der Waals surface area contributed by atoms with Crippen molar-refractivity contribution < 1.29 is 0 Å². The summed E-state index contributed by atoms with van der Waals surface area (Å²) in [6.45, 7) is 0. The van der Waals surface area contributed by atoms with E-state index < -0.39 is 0 Å². The van der Waals surface area contributed by atoms with Crippen molar-refractivity contribution in [3.8, 4) is 5.92 Å². The van der Waals surface area contributed by atoms with E-state index in [0.29, 0.717) is 6.42 Å². The second-order valence-corrected chi connectivity index (χ2v) is 2.71. The van der Waals surface area contributed by atoms with Crippen LogP contribution in [0.25, 0.3) is 10.9 Å². The van der Waals surface area contributed by atoms with Crippen molar-refractivity contribution in [1.82, 2.24) is 4.98 Å². The van der Waals surface area contributed by atoms with E-state index in [1.54, 1.807) is 0 Å². The number of H-pyrrole nitrogens is 1. The average Bonchev–Trinajstić information content (AvgIpc) is 2.50. The van der Waals surface area contributed by atoms with E-state index in [9.17, 15) is 0 Å². The van der Waals surface area contributed by atoms with Crippen LogP contribution in [0, 0.1) is 12.3 Å². The summed E-state index contributed by atoms with van der Waals surface area (Å²) in [5.74, 6) is 2.39. The number of rotatable bonds is 1. The van der Waals surface area contributed by atoms with Gasteiger partial charge in [0.05, 0.1) is 0 Å². The Morgan fingerprint density at radius 3 is 3.00 bits per heavy atom. The van der Waals surface area contributed by atoms with Gasteiger partial charge in [-0.1, -0.05) is 24.1 Å². The molecule has 2 aromatic rings. The lowest BCUT2D eigenvalue weighted by Gasteiger charge is -1.90. The zero-order valence-corrected chi connectivity index (χ0v) is 6.59. The van der Waals surface area contributed by atoms with Crippen LogP contribution in [0.3, 0.4) is 0 Å². The van der Waals surface area contributed by atoms with Gasteiger partial charge in [-0.05, 0) is 18.1 Å². The number of aromatic nitrogens is 1. The summed E-state index contributed by atoms with van der Waals surface area (Å²) in [7, 11) is 0. The maximum atomic E-state index is 6.89. The molecule has 0 atom stereocenters. The monoisotopic (exact) mass is 154 g/mol. The maximum Gasteiger partial charge on any atom is 0.0457 e.